The highest BCUT2D eigenvalue weighted by Crippen LogP contribution is 2.41. The summed E-state index contributed by atoms with van der Waals surface area (Å²) in [6.45, 7) is 1.24. The average Bonchev–Trinajstić information content (AvgIpc) is 3.37. The lowest BCUT2D eigenvalue weighted by molar-refractivity contribution is 0.0631. The van der Waals surface area contributed by atoms with E-state index in [0.29, 0.717) is 22.7 Å². The number of benzene rings is 1. The maximum Gasteiger partial charge on any atom is 0.231 e. The molecular formula is C23H25N7O6S. The van der Waals surface area contributed by atoms with Crippen LogP contribution in [0.5, 0.6) is 17.4 Å². The lowest BCUT2D eigenvalue weighted by Gasteiger charge is -2.32. The number of primary sulfonamides is 1. The Morgan fingerprint density at radius 2 is 1.68 bits per heavy atom. The molecule has 14 heteroatoms. The third-order valence-corrected chi connectivity index (χ3v) is 7.18. The monoisotopic (exact) mass is 527 g/mol. The number of methoxy groups -OCH3 is 3. The van der Waals surface area contributed by atoms with Gasteiger partial charge in [-0.15, -0.1) is 10.2 Å². The van der Waals surface area contributed by atoms with Gasteiger partial charge in [-0.1, -0.05) is 6.07 Å². The van der Waals surface area contributed by atoms with Gasteiger partial charge < -0.3 is 19.3 Å². The van der Waals surface area contributed by atoms with E-state index in [0.717, 1.165) is 0 Å². The zero-order valence-corrected chi connectivity index (χ0v) is 21.2. The molecule has 0 aliphatic carbocycles. The number of ether oxygens (including phenoxy) is 3. The summed E-state index contributed by atoms with van der Waals surface area (Å²) in [7, 11) is -0.0497. The maximum atomic E-state index is 12.6. The minimum atomic E-state index is -4.36. The molecule has 3 aromatic heterocycles. The van der Waals surface area contributed by atoms with Crippen LogP contribution in [-0.4, -0.2) is 69.8 Å². The summed E-state index contributed by atoms with van der Waals surface area (Å²) < 4.78 is 43.0. The highest BCUT2D eigenvalue weighted by atomic mass is 32.2. The van der Waals surface area contributed by atoms with Gasteiger partial charge >= 0.3 is 0 Å². The minimum Gasteiger partial charge on any atom is -0.494 e. The van der Waals surface area contributed by atoms with E-state index in [-0.39, 0.29) is 23.2 Å². The number of hydrogen-bond acceptors (Lipinski definition) is 11. The molecular weight excluding hydrogens is 502 g/mol. The van der Waals surface area contributed by atoms with Crippen LogP contribution in [0.3, 0.4) is 0 Å². The summed E-state index contributed by atoms with van der Waals surface area (Å²) in [6, 6.07) is 8.48. The second-order valence-electron chi connectivity index (χ2n) is 7.88. The number of para-hydroxylation sites is 1. The van der Waals surface area contributed by atoms with Crippen LogP contribution in [0.25, 0.3) is 17.1 Å². The molecule has 2 unspecified atom stereocenters. The number of nitrogens with two attached hydrogens (primary N) is 1. The van der Waals surface area contributed by atoms with Crippen molar-refractivity contribution in [3.8, 4) is 34.5 Å². The highest BCUT2D eigenvalue weighted by Gasteiger charge is 2.50. The number of hydrogen-bond donors (Lipinski definition) is 2. The molecule has 0 saturated carbocycles. The number of aliphatic hydroxyl groups is 1. The normalized spacial score (nSPS) is 14.0. The fourth-order valence-corrected chi connectivity index (χ4v) is 4.54. The molecule has 0 fully saturated rings. The van der Waals surface area contributed by atoms with Gasteiger partial charge in [0.2, 0.25) is 15.9 Å². The highest BCUT2D eigenvalue weighted by molar-refractivity contribution is 7.89. The third kappa shape index (κ3) is 4.57. The van der Waals surface area contributed by atoms with Gasteiger partial charge in [0.1, 0.15) is 22.4 Å². The molecule has 37 heavy (non-hydrogen) atoms. The minimum absolute atomic E-state index is 0.151. The van der Waals surface area contributed by atoms with Crippen LogP contribution in [0.1, 0.15) is 18.4 Å². The van der Waals surface area contributed by atoms with E-state index in [1.807, 2.05) is 0 Å². The molecule has 13 nitrogen and oxygen atoms in total. The molecule has 0 radical (unpaired) electrons. The molecule has 0 bridgehead atoms. The van der Waals surface area contributed by atoms with E-state index in [9.17, 15) is 13.5 Å². The Bertz CT molecular complexity index is 1470. The smallest absolute Gasteiger partial charge is 0.231 e. The molecule has 0 saturated heterocycles. The van der Waals surface area contributed by atoms with Crippen molar-refractivity contribution in [2.75, 3.05) is 21.3 Å². The zero-order valence-electron chi connectivity index (χ0n) is 20.4. The number of nitrogens with zero attached hydrogens (tertiary/aromatic N) is 6. The third-order valence-electron chi connectivity index (χ3n) is 5.86. The summed E-state index contributed by atoms with van der Waals surface area (Å²) in [5.74, 6) is 0.801. The van der Waals surface area contributed by atoms with Crippen LogP contribution in [0.4, 0.5) is 0 Å². The van der Waals surface area contributed by atoms with Crippen molar-refractivity contribution < 1.29 is 27.7 Å². The van der Waals surface area contributed by atoms with Gasteiger partial charge in [0.05, 0.1) is 39.4 Å². The number of pyridine rings is 1. The van der Waals surface area contributed by atoms with E-state index in [1.165, 1.54) is 45.2 Å². The first-order valence-corrected chi connectivity index (χ1v) is 12.5. The first-order chi connectivity index (χ1) is 17.7. The van der Waals surface area contributed by atoms with Crippen LogP contribution in [0.15, 0.2) is 55.1 Å². The van der Waals surface area contributed by atoms with E-state index in [4.69, 9.17) is 19.3 Å². The zero-order chi connectivity index (χ0) is 26.8. The quantitative estimate of drug-likeness (QED) is 0.318. The topological polar surface area (TPSA) is 177 Å². The Morgan fingerprint density at radius 3 is 2.19 bits per heavy atom. The standard InChI is InChI=1S/C23H25N7O6S/c1-14(37(24,32)33)23(31,18-12-27-19(36-4)13-26-18)22-29-28-21(15-7-6-10-25-11-15)30(22)20-16(34-2)8-5-9-17(20)35-3/h5-14,31H,1-4H3,(H2,24,32,33). The molecule has 0 amide bonds. The van der Waals surface area contributed by atoms with E-state index in [2.05, 4.69) is 25.1 Å². The van der Waals surface area contributed by atoms with Gasteiger partial charge in [0.15, 0.2) is 17.2 Å². The van der Waals surface area contributed by atoms with Crippen LogP contribution >= 0.6 is 0 Å². The van der Waals surface area contributed by atoms with E-state index < -0.39 is 20.9 Å². The first-order valence-electron chi connectivity index (χ1n) is 10.8. The molecule has 194 valence electrons. The van der Waals surface area contributed by atoms with Crippen molar-refractivity contribution in [3.05, 3.63) is 66.6 Å². The van der Waals surface area contributed by atoms with Crippen molar-refractivity contribution in [3.63, 3.8) is 0 Å². The van der Waals surface area contributed by atoms with Gasteiger partial charge in [0.25, 0.3) is 0 Å². The summed E-state index contributed by atoms with van der Waals surface area (Å²) >= 11 is 0. The average molecular weight is 528 g/mol. The number of aromatic nitrogens is 6. The van der Waals surface area contributed by atoms with E-state index in [1.54, 1.807) is 42.7 Å². The lowest BCUT2D eigenvalue weighted by Crippen LogP contribution is -2.48. The van der Waals surface area contributed by atoms with Gasteiger partial charge in [-0.25, -0.2) is 18.5 Å². The van der Waals surface area contributed by atoms with Crippen LogP contribution < -0.4 is 19.3 Å². The largest absolute Gasteiger partial charge is 0.494 e. The molecule has 0 spiro atoms. The number of rotatable bonds is 9. The maximum absolute atomic E-state index is 12.6. The SMILES string of the molecule is COc1cnc(C(O)(c2nnc(-c3cccnc3)n2-c2c(OC)cccc2OC)C(C)S(N)(=O)=O)cn1. The van der Waals surface area contributed by atoms with Gasteiger partial charge in [-0.05, 0) is 31.2 Å². The molecule has 0 aliphatic rings. The Morgan fingerprint density at radius 1 is 0.973 bits per heavy atom. The van der Waals surface area contributed by atoms with Crippen molar-refractivity contribution in [2.45, 2.75) is 17.8 Å². The Labute approximate surface area is 213 Å². The van der Waals surface area contributed by atoms with E-state index >= 15 is 0 Å². The summed E-state index contributed by atoms with van der Waals surface area (Å²) in [6.07, 6.45) is 5.55. The Balaban J connectivity index is 2.14. The fraction of sp³-hybridized carbons (Fsp3) is 0.261. The van der Waals surface area contributed by atoms with Crippen LogP contribution in [0.2, 0.25) is 0 Å². The number of sulfonamides is 1. The lowest BCUT2D eigenvalue weighted by atomic mass is 9.94. The van der Waals surface area contributed by atoms with Crippen molar-refractivity contribution in [2.24, 2.45) is 5.14 Å². The van der Waals surface area contributed by atoms with Crippen molar-refractivity contribution in [1.29, 1.82) is 0 Å². The molecule has 4 aromatic rings. The van der Waals surface area contributed by atoms with Crippen LogP contribution in [-0.2, 0) is 15.6 Å². The van der Waals surface area contributed by atoms with Gasteiger partial charge in [-0.2, -0.15) is 0 Å². The van der Waals surface area contributed by atoms with Gasteiger partial charge in [0, 0.05) is 18.0 Å². The van der Waals surface area contributed by atoms with Crippen molar-refractivity contribution >= 4 is 10.0 Å². The summed E-state index contributed by atoms with van der Waals surface area (Å²) in [4.78, 5) is 12.5. The summed E-state index contributed by atoms with van der Waals surface area (Å²) in [5, 5.41) is 24.7. The predicted molar refractivity (Wildman–Crippen MR) is 132 cm³/mol. The molecule has 3 N–H and O–H groups in total. The van der Waals surface area contributed by atoms with Gasteiger partial charge in [-0.3, -0.25) is 14.5 Å². The molecule has 3 heterocycles. The second-order valence-corrected chi connectivity index (χ2v) is 9.76. The molecule has 1 aromatic carbocycles. The fourth-order valence-electron chi connectivity index (χ4n) is 3.84. The molecule has 2 atom stereocenters. The molecule has 4 rings (SSSR count). The second kappa shape index (κ2) is 10.1. The first kappa shape index (κ1) is 25.9. The Hall–Kier alpha value is -4.14. The summed E-state index contributed by atoms with van der Waals surface area (Å²) in [5.41, 5.74) is -1.78. The Kier molecular flexibility index (Phi) is 7.07. The molecule has 0 aliphatic heterocycles. The predicted octanol–water partition coefficient (Wildman–Crippen LogP) is 1.06. The van der Waals surface area contributed by atoms with Crippen LogP contribution in [0, 0.1) is 0 Å². The van der Waals surface area contributed by atoms with Crippen molar-refractivity contribution in [1.82, 2.24) is 29.7 Å².